The van der Waals surface area contributed by atoms with Crippen molar-refractivity contribution in [2.24, 2.45) is 0 Å². The zero-order valence-corrected chi connectivity index (χ0v) is 11.3. The summed E-state index contributed by atoms with van der Waals surface area (Å²) < 4.78 is 5.18. The average molecular weight is 262 g/mol. The highest BCUT2D eigenvalue weighted by molar-refractivity contribution is 6.32. The van der Waals surface area contributed by atoms with Gasteiger partial charge in [-0.3, -0.25) is 0 Å². The Labute approximate surface area is 107 Å². The molecule has 0 spiro atoms. The molecule has 0 aliphatic heterocycles. The second-order valence-corrected chi connectivity index (χ2v) is 4.45. The fraction of sp³-hybridized carbons (Fsp3) is 0.500. The van der Waals surface area contributed by atoms with E-state index in [9.17, 15) is 0 Å². The lowest BCUT2D eigenvalue weighted by atomic mass is 9.99. The molecule has 0 saturated heterocycles. The van der Waals surface area contributed by atoms with Gasteiger partial charge in [-0.25, -0.2) is 0 Å². The van der Waals surface area contributed by atoms with Crippen molar-refractivity contribution in [3.63, 3.8) is 0 Å². The van der Waals surface area contributed by atoms with E-state index >= 15 is 0 Å². The van der Waals surface area contributed by atoms with Gasteiger partial charge < -0.3 is 10.1 Å². The fourth-order valence-corrected chi connectivity index (χ4v) is 2.23. The summed E-state index contributed by atoms with van der Waals surface area (Å²) in [6, 6.07) is 4.14. The second-order valence-electron chi connectivity index (χ2n) is 3.66. The van der Waals surface area contributed by atoms with Gasteiger partial charge >= 0.3 is 0 Å². The Kier molecular flexibility index (Phi) is 5.39. The predicted octanol–water partition coefficient (Wildman–Crippen LogP) is 3.55. The van der Waals surface area contributed by atoms with Crippen molar-refractivity contribution in [2.75, 3.05) is 20.0 Å². The third-order valence-electron chi connectivity index (χ3n) is 2.66. The van der Waals surface area contributed by atoms with Crippen LogP contribution >= 0.6 is 23.2 Å². The Hall–Kier alpha value is -0.440. The molecule has 0 aliphatic rings. The summed E-state index contributed by atoms with van der Waals surface area (Å²) in [7, 11) is 3.55. The number of ether oxygens (including phenoxy) is 1. The topological polar surface area (TPSA) is 21.3 Å². The van der Waals surface area contributed by atoms with E-state index in [2.05, 4.69) is 5.32 Å². The Morgan fingerprint density at radius 2 is 2.12 bits per heavy atom. The van der Waals surface area contributed by atoms with Gasteiger partial charge in [0.25, 0.3) is 0 Å². The third-order valence-corrected chi connectivity index (χ3v) is 3.18. The lowest BCUT2D eigenvalue weighted by Gasteiger charge is -2.19. The number of rotatable bonds is 5. The molecule has 0 amide bonds. The number of hydrogen-bond acceptors (Lipinski definition) is 2. The van der Waals surface area contributed by atoms with E-state index in [0.29, 0.717) is 16.7 Å². The van der Waals surface area contributed by atoms with Gasteiger partial charge in [-0.15, -0.1) is 11.6 Å². The van der Waals surface area contributed by atoms with E-state index in [1.165, 1.54) is 5.56 Å². The second kappa shape index (κ2) is 6.33. The molecule has 1 aromatic rings. The molecule has 0 heterocycles. The molecule has 1 N–H and O–H groups in total. The number of methoxy groups -OCH3 is 1. The smallest absolute Gasteiger partial charge is 0.137 e. The quantitative estimate of drug-likeness (QED) is 0.819. The van der Waals surface area contributed by atoms with Crippen molar-refractivity contribution >= 4 is 23.2 Å². The van der Waals surface area contributed by atoms with Crippen LogP contribution in [0.2, 0.25) is 5.02 Å². The van der Waals surface area contributed by atoms with Gasteiger partial charge in [0, 0.05) is 11.9 Å². The number of hydrogen-bond donors (Lipinski definition) is 1. The van der Waals surface area contributed by atoms with Crippen LogP contribution in [0.5, 0.6) is 5.75 Å². The van der Waals surface area contributed by atoms with Crippen LogP contribution in [0.15, 0.2) is 12.1 Å². The van der Waals surface area contributed by atoms with Gasteiger partial charge in [-0.05, 0) is 43.7 Å². The molecule has 0 aliphatic carbocycles. The van der Waals surface area contributed by atoms with Gasteiger partial charge in [-0.1, -0.05) is 11.6 Å². The van der Waals surface area contributed by atoms with Crippen LogP contribution in [-0.4, -0.2) is 20.0 Å². The maximum Gasteiger partial charge on any atom is 0.137 e. The molecule has 1 unspecified atom stereocenters. The molecule has 0 aromatic heterocycles. The molecule has 16 heavy (non-hydrogen) atoms. The van der Waals surface area contributed by atoms with Crippen LogP contribution in [0.3, 0.4) is 0 Å². The first-order chi connectivity index (χ1) is 7.63. The molecular weight excluding hydrogens is 245 g/mol. The molecule has 1 rings (SSSR count). The largest absolute Gasteiger partial charge is 0.495 e. The van der Waals surface area contributed by atoms with Crippen molar-refractivity contribution < 1.29 is 4.74 Å². The first-order valence-electron chi connectivity index (χ1n) is 5.21. The van der Waals surface area contributed by atoms with Gasteiger partial charge in [-0.2, -0.15) is 0 Å². The van der Waals surface area contributed by atoms with Crippen molar-refractivity contribution in [1.82, 2.24) is 5.32 Å². The monoisotopic (exact) mass is 261 g/mol. The molecule has 1 aromatic carbocycles. The summed E-state index contributed by atoms with van der Waals surface area (Å²) in [6.07, 6.45) is 0.877. The lowest BCUT2D eigenvalue weighted by Crippen LogP contribution is -2.18. The van der Waals surface area contributed by atoms with Gasteiger partial charge in [0.2, 0.25) is 0 Å². The molecule has 0 radical (unpaired) electrons. The lowest BCUT2D eigenvalue weighted by molar-refractivity contribution is 0.414. The van der Waals surface area contributed by atoms with Crippen molar-refractivity contribution in [3.05, 3.63) is 28.3 Å². The first kappa shape index (κ1) is 13.6. The maximum atomic E-state index is 6.12. The molecule has 0 fully saturated rings. The normalized spacial score (nSPS) is 12.6. The number of alkyl halides is 1. The van der Waals surface area contributed by atoms with Crippen molar-refractivity contribution in [2.45, 2.75) is 19.4 Å². The summed E-state index contributed by atoms with van der Waals surface area (Å²) >= 11 is 11.9. The van der Waals surface area contributed by atoms with Crippen LogP contribution in [0.1, 0.15) is 23.6 Å². The van der Waals surface area contributed by atoms with Crippen LogP contribution in [0.25, 0.3) is 0 Å². The number of benzene rings is 1. The zero-order chi connectivity index (χ0) is 12.1. The minimum absolute atomic E-state index is 0.237. The van der Waals surface area contributed by atoms with E-state index in [0.717, 1.165) is 12.0 Å². The van der Waals surface area contributed by atoms with Crippen LogP contribution in [0, 0.1) is 6.92 Å². The van der Waals surface area contributed by atoms with E-state index in [1.54, 1.807) is 7.11 Å². The van der Waals surface area contributed by atoms with E-state index in [-0.39, 0.29) is 6.04 Å². The Balaban J connectivity index is 3.08. The summed E-state index contributed by atoms with van der Waals surface area (Å²) in [6.45, 7) is 2.05. The maximum absolute atomic E-state index is 6.12. The molecule has 4 heteroatoms. The van der Waals surface area contributed by atoms with Crippen molar-refractivity contribution in [3.8, 4) is 5.75 Å². The number of nitrogens with one attached hydrogen (secondary N) is 1. The Morgan fingerprint density at radius 3 is 2.62 bits per heavy atom. The third kappa shape index (κ3) is 3.03. The first-order valence-corrected chi connectivity index (χ1v) is 6.12. The summed E-state index contributed by atoms with van der Waals surface area (Å²) in [5.74, 6) is 1.33. The van der Waals surface area contributed by atoms with Crippen LogP contribution in [0.4, 0.5) is 0 Å². The van der Waals surface area contributed by atoms with E-state index in [1.807, 2.05) is 26.1 Å². The van der Waals surface area contributed by atoms with E-state index < -0.39 is 0 Å². The molecule has 1 atom stereocenters. The summed E-state index contributed by atoms with van der Waals surface area (Å²) in [4.78, 5) is 0. The van der Waals surface area contributed by atoms with Crippen LogP contribution < -0.4 is 10.1 Å². The van der Waals surface area contributed by atoms with Crippen LogP contribution in [-0.2, 0) is 0 Å². The summed E-state index contributed by atoms with van der Waals surface area (Å²) in [5, 5.41) is 3.88. The number of aryl methyl sites for hydroxylation is 1. The minimum Gasteiger partial charge on any atom is -0.495 e. The predicted molar refractivity (Wildman–Crippen MR) is 69.9 cm³/mol. The Morgan fingerprint density at radius 1 is 1.44 bits per heavy atom. The molecule has 0 bridgehead atoms. The van der Waals surface area contributed by atoms with E-state index in [4.69, 9.17) is 27.9 Å². The average Bonchev–Trinajstić information content (AvgIpc) is 2.28. The molecular formula is C12H17Cl2NO. The highest BCUT2D eigenvalue weighted by Crippen LogP contribution is 2.31. The highest BCUT2D eigenvalue weighted by atomic mass is 35.5. The highest BCUT2D eigenvalue weighted by Gasteiger charge is 2.14. The molecule has 90 valence electrons. The van der Waals surface area contributed by atoms with Gasteiger partial charge in [0.05, 0.1) is 12.1 Å². The van der Waals surface area contributed by atoms with Gasteiger partial charge in [0.15, 0.2) is 0 Å². The Bertz CT molecular complexity index is 355. The van der Waals surface area contributed by atoms with Crippen molar-refractivity contribution in [1.29, 1.82) is 0 Å². The molecule has 0 saturated carbocycles. The molecule has 2 nitrogen and oxygen atoms in total. The summed E-state index contributed by atoms with van der Waals surface area (Å²) in [5.41, 5.74) is 2.33. The standard InChI is InChI=1S/C12H17Cl2NO/c1-8-6-12(16-3)10(14)7-9(8)11(15-2)4-5-13/h6-7,11,15H,4-5H2,1-3H3. The zero-order valence-electron chi connectivity index (χ0n) is 9.81. The SMILES string of the molecule is CNC(CCCl)c1cc(Cl)c(OC)cc1C. The fourth-order valence-electron chi connectivity index (χ4n) is 1.77. The van der Waals surface area contributed by atoms with Gasteiger partial charge in [0.1, 0.15) is 5.75 Å². The minimum atomic E-state index is 0.237. The number of halogens is 2.